The molecule has 0 unspecified atom stereocenters. The molecular formula is C32H37F3N8O2. The summed E-state index contributed by atoms with van der Waals surface area (Å²) in [5.41, 5.74) is 2.85. The lowest BCUT2D eigenvalue weighted by Gasteiger charge is -2.29. The van der Waals surface area contributed by atoms with Gasteiger partial charge in [-0.2, -0.15) is 0 Å². The van der Waals surface area contributed by atoms with E-state index in [2.05, 4.69) is 25.6 Å². The molecule has 10 nitrogen and oxygen atoms in total. The summed E-state index contributed by atoms with van der Waals surface area (Å²) in [4.78, 5) is 35.3. The number of aromatic nitrogens is 2. The van der Waals surface area contributed by atoms with Gasteiger partial charge in [-0.3, -0.25) is 4.79 Å². The normalized spacial score (nSPS) is 15.4. The van der Waals surface area contributed by atoms with Crippen LogP contribution in [-0.4, -0.2) is 84.4 Å². The Morgan fingerprint density at radius 2 is 1.91 bits per heavy atom. The summed E-state index contributed by atoms with van der Waals surface area (Å²) in [7, 11) is 3.77. The molecular weight excluding hydrogens is 585 g/mol. The molecule has 1 fully saturated rings. The number of hydrogen-bond acceptors (Lipinski definition) is 9. The van der Waals surface area contributed by atoms with Crippen LogP contribution in [0.25, 0.3) is 0 Å². The highest BCUT2D eigenvalue weighted by Gasteiger charge is 2.27. The Labute approximate surface area is 260 Å². The fraction of sp³-hybridized carbons (Fsp3) is 0.406. The minimum absolute atomic E-state index is 0.189. The van der Waals surface area contributed by atoms with E-state index in [9.17, 15) is 18.0 Å². The van der Waals surface area contributed by atoms with Crippen LogP contribution in [0, 0.1) is 6.92 Å². The van der Waals surface area contributed by atoms with Crippen molar-refractivity contribution >= 4 is 41.0 Å². The Morgan fingerprint density at radius 1 is 1.13 bits per heavy atom. The molecule has 2 aliphatic heterocycles. The molecule has 3 heterocycles. The van der Waals surface area contributed by atoms with E-state index >= 15 is 0 Å². The van der Waals surface area contributed by atoms with Gasteiger partial charge in [0.15, 0.2) is 5.82 Å². The Kier molecular flexibility index (Phi) is 9.66. The fourth-order valence-corrected chi connectivity index (χ4v) is 4.90. The third kappa shape index (κ3) is 8.15. The number of benzene rings is 2. The van der Waals surface area contributed by atoms with Crippen molar-refractivity contribution in [3.8, 4) is 5.75 Å². The Bertz CT molecular complexity index is 1600. The largest absolute Gasteiger partial charge is 0.492 e. The van der Waals surface area contributed by atoms with Gasteiger partial charge >= 0.3 is 0 Å². The number of likely N-dealkylation sites (N-methyl/N-ethyl adjacent to an activating group) is 1. The summed E-state index contributed by atoms with van der Waals surface area (Å²) in [6.45, 7) is 4.61. The highest BCUT2D eigenvalue weighted by Crippen LogP contribution is 2.34. The zero-order valence-electron chi connectivity index (χ0n) is 25.8. The molecule has 0 spiro atoms. The van der Waals surface area contributed by atoms with Crippen molar-refractivity contribution in [1.29, 1.82) is 0 Å². The molecule has 0 aliphatic carbocycles. The van der Waals surface area contributed by atoms with Crippen LogP contribution in [0.1, 0.15) is 46.9 Å². The van der Waals surface area contributed by atoms with E-state index in [0.717, 1.165) is 12.5 Å². The molecule has 3 aromatic rings. The van der Waals surface area contributed by atoms with Gasteiger partial charge in [-0.25, -0.2) is 33.1 Å². The molecule has 0 saturated carbocycles. The number of anilines is 3. The van der Waals surface area contributed by atoms with E-state index in [1.54, 1.807) is 24.4 Å². The van der Waals surface area contributed by atoms with E-state index < -0.39 is 18.0 Å². The van der Waals surface area contributed by atoms with Crippen LogP contribution in [0.2, 0.25) is 0 Å². The number of piperidine rings is 1. The third-order valence-corrected chi connectivity index (χ3v) is 7.54. The van der Waals surface area contributed by atoms with E-state index in [1.807, 2.05) is 30.8 Å². The Morgan fingerprint density at radius 3 is 2.64 bits per heavy atom. The van der Waals surface area contributed by atoms with Gasteiger partial charge in [-0.1, -0.05) is 6.07 Å². The SMILES string of the molecule is Cc1ccc(C(=O)Nc2cc(OCCN(C)C)cc(C(C)(F)F)c2)cc1Nc1ncnc2c1N=C(N1CCC(F)CC1)N=CC2. The second kappa shape index (κ2) is 13.6. The maximum Gasteiger partial charge on any atom is 0.270 e. The van der Waals surface area contributed by atoms with Gasteiger partial charge in [0.1, 0.15) is 30.5 Å². The minimum atomic E-state index is -3.13. The molecule has 0 radical (unpaired) electrons. The second-order valence-corrected chi connectivity index (χ2v) is 11.5. The first-order valence-electron chi connectivity index (χ1n) is 14.8. The number of guanidine groups is 1. The number of carbonyl (C=O) groups excluding carboxylic acids is 1. The van der Waals surface area contributed by atoms with Crippen molar-refractivity contribution in [3.05, 3.63) is 65.1 Å². The molecule has 1 aromatic heterocycles. The topological polar surface area (TPSA) is 107 Å². The Balaban J connectivity index is 1.38. The highest BCUT2D eigenvalue weighted by atomic mass is 19.3. The highest BCUT2D eigenvalue weighted by molar-refractivity contribution is 6.05. The number of nitrogens with one attached hydrogen (secondary N) is 2. The molecule has 13 heteroatoms. The van der Waals surface area contributed by atoms with Crippen molar-refractivity contribution in [3.63, 3.8) is 0 Å². The quantitative estimate of drug-likeness (QED) is 0.307. The zero-order valence-corrected chi connectivity index (χ0v) is 25.8. The first kappa shape index (κ1) is 31.9. The number of likely N-dealkylation sites (tertiary alicyclic amines) is 1. The number of amides is 1. The first-order valence-corrected chi connectivity index (χ1v) is 14.8. The number of ether oxygens (including phenoxy) is 1. The van der Waals surface area contributed by atoms with Crippen molar-refractivity contribution in [2.45, 2.75) is 45.2 Å². The van der Waals surface area contributed by atoms with Crippen LogP contribution in [0.3, 0.4) is 0 Å². The monoisotopic (exact) mass is 622 g/mol. The molecule has 0 bridgehead atoms. The van der Waals surface area contributed by atoms with Crippen molar-refractivity contribution in [2.75, 3.05) is 51.0 Å². The summed E-state index contributed by atoms with van der Waals surface area (Å²) >= 11 is 0. The number of aryl methyl sites for hydroxylation is 1. The molecule has 0 atom stereocenters. The van der Waals surface area contributed by atoms with Gasteiger partial charge in [-0.05, 0) is 63.7 Å². The van der Waals surface area contributed by atoms with Crippen LogP contribution in [-0.2, 0) is 12.3 Å². The van der Waals surface area contributed by atoms with Gasteiger partial charge in [0.25, 0.3) is 11.8 Å². The second-order valence-electron chi connectivity index (χ2n) is 11.5. The van der Waals surface area contributed by atoms with E-state index in [-0.39, 0.29) is 17.0 Å². The molecule has 2 aromatic carbocycles. The summed E-state index contributed by atoms with van der Waals surface area (Å²) < 4.78 is 48.0. The van der Waals surface area contributed by atoms with Gasteiger partial charge in [0.05, 0.1) is 5.69 Å². The number of halogens is 3. The van der Waals surface area contributed by atoms with Gasteiger partial charge in [-0.15, -0.1) is 0 Å². The maximum absolute atomic E-state index is 14.3. The lowest BCUT2D eigenvalue weighted by molar-refractivity contribution is 0.0172. The number of nitrogens with zero attached hydrogens (tertiary/aromatic N) is 6. The van der Waals surface area contributed by atoms with Gasteiger partial charge in [0.2, 0.25) is 5.96 Å². The summed E-state index contributed by atoms with van der Waals surface area (Å²) in [6, 6.07) is 9.15. The number of hydrogen-bond donors (Lipinski definition) is 2. The average molecular weight is 623 g/mol. The van der Waals surface area contributed by atoms with Crippen LogP contribution < -0.4 is 15.4 Å². The van der Waals surface area contributed by atoms with Gasteiger partial charge < -0.3 is 25.2 Å². The molecule has 2 N–H and O–H groups in total. The predicted molar refractivity (Wildman–Crippen MR) is 169 cm³/mol. The van der Waals surface area contributed by atoms with Gasteiger partial charge in [0, 0.05) is 67.8 Å². The standard InChI is InChI=1S/C32H37F3N8O2/c1-20-5-6-21(30(44)39-24-16-22(32(2,34)35)17-25(18-24)45-14-13-42(3)4)15-27(20)40-29-28-26(37-19-38-29)7-10-36-31(41-28)43-11-8-23(33)9-12-43/h5-6,10,15-19,23H,7-9,11-14H2,1-4H3,(H,39,44)(H,37,38,40). The summed E-state index contributed by atoms with van der Waals surface area (Å²) in [5.74, 6) is -2.47. The van der Waals surface area contributed by atoms with Crippen LogP contribution in [0.4, 0.5) is 36.1 Å². The number of aliphatic imine (C=N–C) groups is 2. The summed E-state index contributed by atoms with van der Waals surface area (Å²) in [5, 5.41) is 6.03. The fourth-order valence-electron chi connectivity index (χ4n) is 4.90. The van der Waals surface area contributed by atoms with E-state index in [4.69, 9.17) is 9.73 Å². The molecule has 45 heavy (non-hydrogen) atoms. The molecule has 1 saturated heterocycles. The smallest absolute Gasteiger partial charge is 0.270 e. The van der Waals surface area contributed by atoms with E-state index in [1.165, 1.54) is 24.5 Å². The van der Waals surface area contributed by atoms with Crippen LogP contribution >= 0.6 is 0 Å². The predicted octanol–water partition coefficient (Wildman–Crippen LogP) is 5.88. The molecule has 2 aliphatic rings. The first-order chi connectivity index (χ1) is 21.5. The molecule has 238 valence electrons. The van der Waals surface area contributed by atoms with Crippen molar-refractivity contribution < 1.29 is 22.7 Å². The average Bonchev–Trinajstić information content (AvgIpc) is 3.21. The number of rotatable bonds is 9. The molecule has 5 rings (SSSR count). The van der Waals surface area contributed by atoms with Crippen molar-refractivity contribution in [1.82, 2.24) is 19.8 Å². The Hall–Kier alpha value is -4.52. The molecule has 1 amide bonds. The van der Waals surface area contributed by atoms with Crippen LogP contribution in [0.5, 0.6) is 5.75 Å². The number of fused-ring (bicyclic) bond motifs is 1. The third-order valence-electron chi connectivity index (χ3n) is 7.54. The van der Waals surface area contributed by atoms with Crippen LogP contribution in [0.15, 0.2) is 52.7 Å². The zero-order chi connectivity index (χ0) is 32.1. The lowest BCUT2D eigenvalue weighted by atomic mass is 10.1. The number of alkyl halides is 3. The van der Waals surface area contributed by atoms with E-state index in [0.29, 0.717) is 79.9 Å². The maximum atomic E-state index is 14.3. The minimum Gasteiger partial charge on any atom is -0.492 e. The summed E-state index contributed by atoms with van der Waals surface area (Å²) in [6.07, 6.45) is 3.63. The lowest BCUT2D eigenvalue weighted by Crippen LogP contribution is -2.38. The van der Waals surface area contributed by atoms with Crippen molar-refractivity contribution in [2.24, 2.45) is 9.98 Å². The number of carbonyl (C=O) groups is 1.